The summed E-state index contributed by atoms with van der Waals surface area (Å²) in [5.74, 6) is -0.961. The summed E-state index contributed by atoms with van der Waals surface area (Å²) < 4.78 is 18.1. The minimum Gasteiger partial charge on any atom is -0.367 e. The highest BCUT2D eigenvalue weighted by Crippen LogP contribution is 2.38. The number of hydrogen-bond acceptors (Lipinski definition) is 6. The minimum atomic E-state index is -0.524. The molecule has 1 aliphatic heterocycles. The molecule has 4 aromatic rings. The van der Waals surface area contributed by atoms with E-state index < -0.39 is 17.2 Å². The fraction of sp³-hybridized carbons (Fsp3) is 0.320. The molecule has 0 atom stereocenters. The number of thiazole rings is 1. The standard InChI is InChI=1S/C25H24FN5O2S/c1-14-2-5-19-22(10-14)34-25(28-19)29-24(33)17-13-31(15-3-4-15)20-12-21(30-8-6-27-7-9-30)18(26)11-16(20)23(17)32/h2,5,10-13,15,27H,3-4,6-9H2,1H3,(H,28,29,33). The Hall–Kier alpha value is -3.30. The van der Waals surface area contributed by atoms with Gasteiger partial charge in [0.15, 0.2) is 5.13 Å². The lowest BCUT2D eigenvalue weighted by Crippen LogP contribution is -2.43. The molecule has 2 fully saturated rings. The number of anilines is 2. The lowest BCUT2D eigenvalue weighted by Gasteiger charge is -2.30. The van der Waals surface area contributed by atoms with Crippen molar-refractivity contribution in [3.05, 3.63) is 63.7 Å². The molecule has 0 radical (unpaired) electrons. The van der Waals surface area contributed by atoms with Crippen LogP contribution in [0.2, 0.25) is 0 Å². The molecular formula is C25H24FN5O2S. The van der Waals surface area contributed by atoms with Gasteiger partial charge in [0.1, 0.15) is 11.4 Å². The van der Waals surface area contributed by atoms with Gasteiger partial charge in [0.05, 0.1) is 21.4 Å². The third-order valence-electron chi connectivity index (χ3n) is 6.51. The van der Waals surface area contributed by atoms with Crippen LogP contribution in [-0.4, -0.2) is 41.6 Å². The Bertz CT molecular complexity index is 1500. The van der Waals surface area contributed by atoms with E-state index >= 15 is 4.39 Å². The molecule has 0 bridgehead atoms. The summed E-state index contributed by atoms with van der Waals surface area (Å²) in [7, 11) is 0. The van der Waals surface area contributed by atoms with Crippen LogP contribution in [0.15, 0.2) is 41.3 Å². The molecular weight excluding hydrogens is 453 g/mol. The molecule has 7 nitrogen and oxygen atoms in total. The van der Waals surface area contributed by atoms with Gasteiger partial charge in [0.25, 0.3) is 5.91 Å². The molecule has 2 aromatic carbocycles. The highest BCUT2D eigenvalue weighted by Gasteiger charge is 2.28. The van der Waals surface area contributed by atoms with Crippen LogP contribution in [0.3, 0.4) is 0 Å². The van der Waals surface area contributed by atoms with Crippen molar-refractivity contribution in [2.24, 2.45) is 0 Å². The van der Waals surface area contributed by atoms with E-state index in [0.29, 0.717) is 29.4 Å². The minimum absolute atomic E-state index is 0.00385. The highest BCUT2D eigenvalue weighted by atomic mass is 32.1. The van der Waals surface area contributed by atoms with Crippen LogP contribution in [-0.2, 0) is 0 Å². The number of halogens is 1. The number of nitrogens with zero attached hydrogens (tertiary/aromatic N) is 3. The van der Waals surface area contributed by atoms with Gasteiger partial charge in [-0.15, -0.1) is 0 Å². The molecule has 6 rings (SSSR count). The predicted molar refractivity (Wildman–Crippen MR) is 134 cm³/mol. The summed E-state index contributed by atoms with van der Waals surface area (Å²) in [4.78, 5) is 32.9. The molecule has 34 heavy (non-hydrogen) atoms. The molecule has 174 valence electrons. The first-order valence-corrected chi connectivity index (χ1v) is 12.3. The SMILES string of the molecule is Cc1ccc2nc(NC(=O)c3cn(C4CC4)c4cc(N5CCNCC5)c(F)cc4c3=O)sc2c1. The quantitative estimate of drug-likeness (QED) is 0.464. The zero-order chi connectivity index (χ0) is 23.4. The number of benzene rings is 2. The number of carbonyl (C=O) groups is 1. The summed E-state index contributed by atoms with van der Waals surface area (Å²) in [5, 5.41) is 6.72. The van der Waals surface area contributed by atoms with E-state index in [1.807, 2.05) is 34.6 Å². The number of pyridine rings is 1. The molecule has 1 saturated carbocycles. The van der Waals surface area contributed by atoms with Crippen LogP contribution in [0.4, 0.5) is 15.2 Å². The van der Waals surface area contributed by atoms with Gasteiger partial charge in [0.2, 0.25) is 5.43 Å². The van der Waals surface area contributed by atoms with Gasteiger partial charge in [0, 0.05) is 43.8 Å². The molecule has 2 aliphatic rings. The van der Waals surface area contributed by atoms with Gasteiger partial charge in [-0.3, -0.25) is 14.9 Å². The van der Waals surface area contributed by atoms with Gasteiger partial charge in [-0.2, -0.15) is 0 Å². The Balaban J connectivity index is 1.41. The largest absolute Gasteiger partial charge is 0.367 e. The second-order valence-electron chi connectivity index (χ2n) is 9.01. The molecule has 2 N–H and O–H groups in total. The van der Waals surface area contributed by atoms with Crippen LogP contribution < -0.4 is 21.0 Å². The van der Waals surface area contributed by atoms with E-state index in [9.17, 15) is 9.59 Å². The van der Waals surface area contributed by atoms with Gasteiger partial charge < -0.3 is 14.8 Å². The smallest absolute Gasteiger partial charge is 0.262 e. The lowest BCUT2D eigenvalue weighted by molar-refractivity contribution is 0.102. The molecule has 1 saturated heterocycles. The van der Waals surface area contributed by atoms with Crippen LogP contribution >= 0.6 is 11.3 Å². The Morgan fingerprint density at radius 1 is 1.21 bits per heavy atom. The fourth-order valence-corrected chi connectivity index (χ4v) is 5.53. The van der Waals surface area contributed by atoms with Crippen molar-refractivity contribution in [1.82, 2.24) is 14.9 Å². The van der Waals surface area contributed by atoms with Crippen molar-refractivity contribution in [2.45, 2.75) is 25.8 Å². The first-order chi connectivity index (χ1) is 16.5. The van der Waals surface area contributed by atoms with E-state index in [1.165, 1.54) is 17.4 Å². The highest BCUT2D eigenvalue weighted by molar-refractivity contribution is 7.22. The number of carbonyl (C=O) groups excluding carboxylic acids is 1. The second kappa shape index (κ2) is 8.18. The summed E-state index contributed by atoms with van der Waals surface area (Å²) in [6, 6.07) is 9.16. The Morgan fingerprint density at radius 2 is 2.00 bits per heavy atom. The molecule has 0 spiro atoms. The van der Waals surface area contributed by atoms with E-state index in [4.69, 9.17) is 0 Å². The summed E-state index contributed by atoms with van der Waals surface area (Å²) >= 11 is 1.36. The van der Waals surface area contributed by atoms with E-state index in [-0.39, 0.29) is 17.0 Å². The van der Waals surface area contributed by atoms with Crippen LogP contribution in [0.25, 0.3) is 21.1 Å². The van der Waals surface area contributed by atoms with Crippen molar-refractivity contribution in [1.29, 1.82) is 0 Å². The number of amides is 1. The van der Waals surface area contributed by atoms with Crippen LogP contribution in [0, 0.1) is 12.7 Å². The van der Waals surface area contributed by atoms with Crippen molar-refractivity contribution in [2.75, 3.05) is 36.4 Å². The van der Waals surface area contributed by atoms with Gasteiger partial charge in [-0.1, -0.05) is 17.4 Å². The summed E-state index contributed by atoms with van der Waals surface area (Å²) in [6.45, 7) is 4.99. The maximum atomic E-state index is 15.1. The third-order valence-corrected chi connectivity index (χ3v) is 7.44. The number of aromatic nitrogens is 2. The van der Waals surface area contributed by atoms with Crippen molar-refractivity contribution < 1.29 is 9.18 Å². The number of nitrogens with one attached hydrogen (secondary N) is 2. The Kier molecular flexibility index (Phi) is 5.11. The van der Waals surface area contributed by atoms with Crippen molar-refractivity contribution >= 4 is 49.2 Å². The normalized spacial score (nSPS) is 16.4. The van der Waals surface area contributed by atoms with Crippen LogP contribution in [0.5, 0.6) is 0 Å². The van der Waals surface area contributed by atoms with Gasteiger partial charge in [-0.05, 0) is 49.6 Å². The molecule has 1 amide bonds. The summed E-state index contributed by atoms with van der Waals surface area (Å²) in [5.41, 5.74) is 2.62. The van der Waals surface area contributed by atoms with Crippen LogP contribution in [0.1, 0.15) is 34.8 Å². The maximum absolute atomic E-state index is 15.1. The number of hydrogen-bond donors (Lipinski definition) is 2. The van der Waals surface area contributed by atoms with Crippen molar-refractivity contribution in [3.8, 4) is 0 Å². The maximum Gasteiger partial charge on any atom is 0.262 e. The zero-order valence-corrected chi connectivity index (χ0v) is 19.5. The predicted octanol–water partition coefficient (Wildman–Crippen LogP) is 4.06. The fourth-order valence-electron chi connectivity index (χ4n) is 4.57. The Labute approximate surface area is 199 Å². The second-order valence-corrected chi connectivity index (χ2v) is 10.0. The lowest BCUT2D eigenvalue weighted by atomic mass is 10.1. The van der Waals surface area contributed by atoms with E-state index in [1.54, 1.807) is 12.3 Å². The monoisotopic (exact) mass is 477 g/mol. The number of piperazine rings is 1. The van der Waals surface area contributed by atoms with Crippen molar-refractivity contribution in [3.63, 3.8) is 0 Å². The average molecular weight is 478 g/mol. The van der Waals surface area contributed by atoms with E-state index in [0.717, 1.165) is 41.7 Å². The average Bonchev–Trinajstić information content (AvgIpc) is 3.60. The Morgan fingerprint density at radius 3 is 2.76 bits per heavy atom. The third kappa shape index (κ3) is 3.74. The number of fused-ring (bicyclic) bond motifs is 2. The number of aryl methyl sites for hydroxylation is 1. The summed E-state index contributed by atoms with van der Waals surface area (Å²) in [6.07, 6.45) is 3.57. The van der Waals surface area contributed by atoms with Gasteiger partial charge in [-0.25, -0.2) is 9.37 Å². The van der Waals surface area contributed by atoms with Gasteiger partial charge >= 0.3 is 0 Å². The van der Waals surface area contributed by atoms with E-state index in [2.05, 4.69) is 15.6 Å². The number of rotatable bonds is 4. The molecule has 1 aliphatic carbocycles. The molecule has 0 unspecified atom stereocenters. The first kappa shape index (κ1) is 21.2. The zero-order valence-electron chi connectivity index (χ0n) is 18.7. The molecule has 9 heteroatoms. The first-order valence-electron chi connectivity index (χ1n) is 11.5. The topological polar surface area (TPSA) is 79.3 Å². The molecule has 2 aromatic heterocycles. The molecule has 3 heterocycles.